The van der Waals surface area contributed by atoms with Gasteiger partial charge in [0.2, 0.25) is 0 Å². The van der Waals surface area contributed by atoms with Crippen LogP contribution >= 0.6 is 0 Å². The van der Waals surface area contributed by atoms with Gasteiger partial charge in [0, 0.05) is 0 Å². The van der Waals surface area contributed by atoms with Gasteiger partial charge >= 0.3 is 0 Å². The molecule has 0 saturated carbocycles. The number of nitrogens with zero attached hydrogens (tertiary/aromatic N) is 1. The van der Waals surface area contributed by atoms with E-state index >= 15 is 0 Å². The quantitative estimate of drug-likeness (QED) is 0.603. The maximum Gasteiger partial charge on any atom is 0.264 e. The fourth-order valence-electron chi connectivity index (χ4n) is 2.63. The highest BCUT2D eigenvalue weighted by molar-refractivity contribution is 7.92. The third-order valence-corrected chi connectivity index (χ3v) is 5.70. The molecule has 3 aromatic rings. The fourth-order valence-corrected chi connectivity index (χ4v) is 4.07. The molecule has 0 aromatic heterocycles. The zero-order valence-electron chi connectivity index (χ0n) is 13.7. The first-order valence-electron chi connectivity index (χ1n) is 7.97. The third-order valence-electron chi connectivity index (χ3n) is 3.89. The maximum absolute atomic E-state index is 13.0. The van der Waals surface area contributed by atoms with Crippen LogP contribution in [0, 0.1) is 0 Å². The molecule has 0 fully saturated rings. The Morgan fingerprint density at radius 3 is 1.84 bits per heavy atom. The van der Waals surface area contributed by atoms with Gasteiger partial charge in [0.15, 0.2) is 0 Å². The average Bonchev–Trinajstić information content (AvgIpc) is 2.67. The van der Waals surface area contributed by atoms with Crippen molar-refractivity contribution in [1.29, 1.82) is 0 Å². The number of rotatable bonds is 6. The Bertz CT molecular complexity index is 934. The van der Waals surface area contributed by atoms with Crippen LogP contribution in [0.2, 0.25) is 0 Å². The second-order valence-corrected chi connectivity index (χ2v) is 7.41. The molecule has 126 valence electrons. The van der Waals surface area contributed by atoms with Crippen molar-refractivity contribution < 1.29 is 8.42 Å². The molecule has 0 amide bonds. The third kappa shape index (κ3) is 3.64. The molecule has 0 aliphatic heterocycles. The van der Waals surface area contributed by atoms with Crippen molar-refractivity contribution in [1.82, 2.24) is 0 Å². The minimum atomic E-state index is -3.65. The van der Waals surface area contributed by atoms with Crippen LogP contribution in [0.3, 0.4) is 0 Å². The fraction of sp³-hybridized carbons (Fsp3) is 0.0476. The molecular formula is C21H19NO2S. The summed E-state index contributed by atoms with van der Waals surface area (Å²) in [5.41, 5.74) is 2.65. The lowest BCUT2D eigenvalue weighted by molar-refractivity contribution is 0.593. The summed E-state index contributed by atoms with van der Waals surface area (Å²) in [6.07, 6.45) is 1.59. The molecule has 0 unspecified atom stereocenters. The van der Waals surface area contributed by atoms with Gasteiger partial charge in [-0.25, -0.2) is 8.42 Å². The summed E-state index contributed by atoms with van der Waals surface area (Å²) in [4.78, 5) is 0.262. The highest BCUT2D eigenvalue weighted by Gasteiger charge is 2.23. The summed E-state index contributed by atoms with van der Waals surface area (Å²) in [6, 6.07) is 25.9. The molecule has 0 aliphatic carbocycles. The van der Waals surface area contributed by atoms with Crippen LogP contribution in [-0.4, -0.2) is 15.0 Å². The highest BCUT2D eigenvalue weighted by atomic mass is 32.2. The normalized spacial score (nSPS) is 11.0. The molecule has 0 N–H and O–H groups in total. The highest BCUT2D eigenvalue weighted by Crippen LogP contribution is 2.26. The summed E-state index contributed by atoms with van der Waals surface area (Å²) in [6.45, 7) is 3.90. The minimum absolute atomic E-state index is 0.215. The van der Waals surface area contributed by atoms with Crippen LogP contribution in [0.25, 0.3) is 11.1 Å². The first-order chi connectivity index (χ1) is 12.1. The van der Waals surface area contributed by atoms with E-state index in [1.165, 1.54) is 4.31 Å². The van der Waals surface area contributed by atoms with Crippen molar-refractivity contribution in [3.63, 3.8) is 0 Å². The molecule has 3 aromatic carbocycles. The number of hydrogen-bond donors (Lipinski definition) is 0. The van der Waals surface area contributed by atoms with E-state index in [0.29, 0.717) is 5.69 Å². The van der Waals surface area contributed by atoms with Crippen molar-refractivity contribution in [3.05, 3.63) is 97.6 Å². The molecule has 4 heteroatoms. The van der Waals surface area contributed by atoms with Crippen LogP contribution in [0.4, 0.5) is 5.69 Å². The van der Waals surface area contributed by atoms with Gasteiger partial charge < -0.3 is 0 Å². The Morgan fingerprint density at radius 2 is 1.28 bits per heavy atom. The second-order valence-electron chi connectivity index (χ2n) is 5.55. The van der Waals surface area contributed by atoms with Crippen molar-refractivity contribution >= 4 is 15.7 Å². The molecule has 0 atom stereocenters. The Balaban J connectivity index is 1.97. The van der Waals surface area contributed by atoms with Gasteiger partial charge in [-0.15, -0.1) is 6.58 Å². The first kappa shape index (κ1) is 17.0. The Hall–Kier alpha value is -2.85. The number of benzene rings is 3. The van der Waals surface area contributed by atoms with Crippen LogP contribution in [0.1, 0.15) is 0 Å². The standard InChI is InChI=1S/C21H19NO2S/c1-2-17-22(20-11-7-4-8-12-20)25(23,24)21-15-13-19(14-16-21)18-9-5-3-6-10-18/h2-16H,1,17H2. The smallest absolute Gasteiger partial charge is 0.263 e. The topological polar surface area (TPSA) is 37.4 Å². The lowest BCUT2D eigenvalue weighted by atomic mass is 10.1. The largest absolute Gasteiger partial charge is 0.264 e. The number of sulfonamides is 1. The molecule has 0 saturated heterocycles. The lowest BCUT2D eigenvalue weighted by Gasteiger charge is -2.23. The lowest BCUT2D eigenvalue weighted by Crippen LogP contribution is -2.31. The van der Waals surface area contributed by atoms with Crippen molar-refractivity contribution in [2.75, 3.05) is 10.8 Å². The molecule has 3 rings (SSSR count). The maximum atomic E-state index is 13.0. The summed E-state index contributed by atoms with van der Waals surface area (Å²) < 4.78 is 27.5. The molecule has 3 nitrogen and oxygen atoms in total. The molecule has 0 spiro atoms. The minimum Gasteiger partial charge on any atom is -0.263 e. The van der Waals surface area contributed by atoms with Gasteiger partial charge in [-0.2, -0.15) is 0 Å². The number of para-hydroxylation sites is 1. The van der Waals surface area contributed by atoms with Crippen molar-refractivity contribution in [2.24, 2.45) is 0 Å². The summed E-state index contributed by atoms with van der Waals surface area (Å²) in [5.74, 6) is 0. The Morgan fingerprint density at radius 1 is 0.760 bits per heavy atom. The summed E-state index contributed by atoms with van der Waals surface area (Å²) in [5, 5.41) is 0. The molecule has 0 aliphatic rings. The molecule has 0 radical (unpaired) electrons. The molecule has 0 heterocycles. The van der Waals surface area contributed by atoms with Gasteiger partial charge in [0.25, 0.3) is 10.0 Å². The SMILES string of the molecule is C=CCN(c1ccccc1)S(=O)(=O)c1ccc(-c2ccccc2)cc1. The van der Waals surface area contributed by atoms with E-state index in [9.17, 15) is 8.42 Å². The van der Waals surface area contributed by atoms with E-state index in [2.05, 4.69) is 6.58 Å². The van der Waals surface area contributed by atoms with Gasteiger partial charge in [-0.1, -0.05) is 66.7 Å². The molecular weight excluding hydrogens is 330 g/mol. The van der Waals surface area contributed by atoms with Gasteiger partial charge in [-0.05, 0) is 35.4 Å². The van der Waals surface area contributed by atoms with Crippen LogP contribution in [0.5, 0.6) is 0 Å². The van der Waals surface area contributed by atoms with E-state index in [0.717, 1.165) is 11.1 Å². The Kier molecular flexibility index (Phi) is 5.00. The van der Waals surface area contributed by atoms with Crippen LogP contribution in [0.15, 0.2) is 102 Å². The zero-order valence-corrected chi connectivity index (χ0v) is 14.6. The molecule has 25 heavy (non-hydrogen) atoms. The monoisotopic (exact) mass is 349 g/mol. The van der Waals surface area contributed by atoms with Gasteiger partial charge in [-0.3, -0.25) is 4.31 Å². The molecule has 0 bridgehead atoms. The predicted molar refractivity (Wildman–Crippen MR) is 103 cm³/mol. The van der Waals surface area contributed by atoms with Crippen LogP contribution in [-0.2, 0) is 10.0 Å². The van der Waals surface area contributed by atoms with Crippen LogP contribution < -0.4 is 4.31 Å². The van der Waals surface area contributed by atoms with E-state index in [4.69, 9.17) is 0 Å². The van der Waals surface area contributed by atoms with E-state index in [1.807, 2.05) is 60.7 Å². The number of hydrogen-bond acceptors (Lipinski definition) is 2. The van der Waals surface area contributed by atoms with E-state index in [-0.39, 0.29) is 11.4 Å². The predicted octanol–water partition coefficient (Wildman–Crippen LogP) is 4.73. The van der Waals surface area contributed by atoms with Gasteiger partial charge in [0.05, 0.1) is 17.1 Å². The first-order valence-corrected chi connectivity index (χ1v) is 9.41. The summed E-state index contributed by atoms with van der Waals surface area (Å²) >= 11 is 0. The zero-order chi connectivity index (χ0) is 17.7. The van der Waals surface area contributed by atoms with Crippen molar-refractivity contribution in [2.45, 2.75) is 4.90 Å². The van der Waals surface area contributed by atoms with Gasteiger partial charge in [0.1, 0.15) is 0 Å². The Labute approximate surface area is 148 Å². The average molecular weight is 349 g/mol. The summed E-state index contributed by atoms with van der Waals surface area (Å²) in [7, 11) is -3.65. The number of anilines is 1. The van der Waals surface area contributed by atoms with E-state index in [1.54, 1.807) is 30.3 Å². The van der Waals surface area contributed by atoms with E-state index < -0.39 is 10.0 Å². The van der Waals surface area contributed by atoms with Crippen molar-refractivity contribution in [3.8, 4) is 11.1 Å². The second kappa shape index (κ2) is 7.36.